The van der Waals surface area contributed by atoms with Gasteiger partial charge in [0, 0.05) is 18.8 Å². The van der Waals surface area contributed by atoms with Crippen LogP contribution in [0.5, 0.6) is 5.75 Å². The summed E-state index contributed by atoms with van der Waals surface area (Å²) in [6, 6.07) is 10.4. The first-order chi connectivity index (χ1) is 14.5. The molecule has 2 aromatic rings. The number of carbonyl (C=O) groups is 2. The van der Waals surface area contributed by atoms with Crippen LogP contribution in [-0.2, 0) is 9.53 Å². The number of benzene rings is 1. The van der Waals surface area contributed by atoms with E-state index in [9.17, 15) is 9.59 Å². The van der Waals surface area contributed by atoms with Gasteiger partial charge in [-0.2, -0.15) is 0 Å². The van der Waals surface area contributed by atoms with Gasteiger partial charge < -0.3 is 14.6 Å². The summed E-state index contributed by atoms with van der Waals surface area (Å²) in [5, 5.41) is 8.87. The number of unbranched alkanes of at least 4 members (excludes halogenated alkanes) is 1. The van der Waals surface area contributed by atoms with Crippen LogP contribution in [0.25, 0.3) is 0 Å². The number of ketones is 1. The Bertz CT molecular complexity index is 817. The number of rotatable bonds is 13. The van der Waals surface area contributed by atoms with Gasteiger partial charge in [-0.25, -0.2) is 4.79 Å². The van der Waals surface area contributed by atoms with Crippen molar-refractivity contribution >= 4 is 11.8 Å². The fourth-order valence-electron chi connectivity index (χ4n) is 2.89. The number of Topliss-reactive ketones (excluding diaryl/α,β-unsaturated/α-hetero) is 1. The summed E-state index contributed by atoms with van der Waals surface area (Å²) in [6.45, 7) is 6.09. The van der Waals surface area contributed by atoms with Crippen LogP contribution in [0, 0.1) is 0 Å². The van der Waals surface area contributed by atoms with Gasteiger partial charge in [-0.05, 0) is 54.7 Å². The zero-order chi connectivity index (χ0) is 21.8. The second kappa shape index (κ2) is 12.5. The number of carbonyl (C=O) groups excluding carboxylic acids is 2. The van der Waals surface area contributed by atoms with E-state index in [1.54, 1.807) is 42.6 Å². The number of esters is 1. The molecule has 30 heavy (non-hydrogen) atoms. The Morgan fingerprint density at radius 2 is 1.93 bits per heavy atom. The van der Waals surface area contributed by atoms with Gasteiger partial charge in [0.2, 0.25) is 0 Å². The lowest BCUT2D eigenvalue weighted by Crippen LogP contribution is -2.14. The third-order valence-corrected chi connectivity index (χ3v) is 4.62. The van der Waals surface area contributed by atoms with Crippen molar-refractivity contribution in [3.63, 3.8) is 0 Å². The molecule has 6 nitrogen and oxygen atoms in total. The summed E-state index contributed by atoms with van der Waals surface area (Å²) < 4.78 is 11.1. The van der Waals surface area contributed by atoms with Gasteiger partial charge in [-0.1, -0.05) is 32.1 Å². The van der Waals surface area contributed by atoms with E-state index in [4.69, 9.17) is 14.6 Å². The standard InChI is InChI=1S/C24H29NO5/c1-3-4-6-18(2)22(27)12-13-23(30-24(28)20-7-5-14-25-17-20)19-8-10-21(11-9-19)29-16-15-26/h5,7-11,14,17,23,26H,2-4,6,12-13,15-16H2,1H3/t23-/m1/s1. The summed E-state index contributed by atoms with van der Waals surface area (Å²) >= 11 is 0. The predicted octanol–water partition coefficient (Wildman–Crippen LogP) is 4.45. The quantitative estimate of drug-likeness (QED) is 0.387. The fourth-order valence-corrected chi connectivity index (χ4v) is 2.89. The Morgan fingerprint density at radius 3 is 2.57 bits per heavy atom. The highest BCUT2D eigenvalue weighted by molar-refractivity contribution is 5.94. The molecule has 0 spiro atoms. The summed E-state index contributed by atoms with van der Waals surface area (Å²) in [4.78, 5) is 28.9. The van der Waals surface area contributed by atoms with Crippen molar-refractivity contribution in [3.05, 3.63) is 72.1 Å². The molecule has 1 N–H and O–H groups in total. The molecule has 0 saturated heterocycles. The first-order valence-electron chi connectivity index (χ1n) is 10.2. The van der Waals surface area contributed by atoms with Gasteiger partial charge in [0.1, 0.15) is 18.5 Å². The van der Waals surface area contributed by atoms with Crippen LogP contribution < -0.4 is 4.74 Å². The van der Waals surface area contributed by atoms with Crippen molar-refractivity contribution in [3.8, 4) is 5.75 Å². The highest BCUT2D eigenvalue weighted by Crippen LogP contribution is 2.27. The second-order valence-electron chi connectivity index (χ2n) is 6.95. The van der Waals surface area contributed by atoms with Gasteiger partial charge in [-0.3, -0.25) is 9.78 Å². The molecule has 160 valence electrons. The third-order valence-electron chi connectivity index (χ3n) is 4.62. The minimum absolute atomic E-state index is 0.00576. The molecule has 0 fully saturated rings. The van der Waals surface area contributed by atoms with Crippen molar-refractivity contribution in [1.82, 2.24) is 4.98 Å². The van der Waals surface area contributed by atoms with Crippen molar-refractivity contribution in [2.45, 2.75) is 45.1 Å². The lowest BCUT2D eigenvalue weighted by Gasteiger charge is -2.19. The highest BCUT2D eigenvalue weighted by atomic mass is 16.5. The molecular formula is C24H29NO5. The number of allylic oxidation sites excluding steroid dienone is 1. The molecule has 1 heterocycles. The number of hydrogen-bond donors (Lipinski definition) is 1. The van der Waals surface area contributed by atoms with Crippen LogP contribution >= 0.6 is 0 Å². The van der Waals surface area contributed by atoms with Gasteiger partial charge >= 0.3 is 5.97 Å². The molecule has 0 radical (unpaired) electrons. The first-order valence-corrected chi connectivity index (χ1v) is 10.2. The number of nitrogens with zero attached hydrogens (tertiary/aromatic N) is 1. The molecule has 0 bridgehead atoms. The molecule has 1 aromatic heterocycles. The number of aromatic nitrogens is 1. The van der Waals surface area contributed by atoms with Crippen LogP contribution in [0.15, 0.2) is 60.9 Å². The zero-order valence-electron chi connectivity index (χ0n) is 17.4. The topological polar surface area (TPSA) is 85.7 Å². The maximum Gasteiger partial charge on any atom is 0.340 e. The number of hydrogen-bond acceptors (Lipinski definition) is 6. The molecule has 0 unspecified atom stereocenters. The molecule has 2 rings (SSSR count). The second-order valence-corrected chi connectivity index (χ2v) is 6.95. The molecular weight excluding hydrogens is 382 g/mol. The predicted molar refractivity (Wildman–Crippen MR) is 114 cm³/mol. The van der Waals surface area contributed by atoms with Crippen molar-refractivity contribution in [2.24, 2.45) is 0 Å². The molecule has 6 heteroatoms. The Morgan fingerprint density at radius 1 is 1.17 bits per heavy atom. The van der Waals surface area contributed by atoms with E-state index in [-0.39, 0.29) is 25.4 Å². The molecule has 0 aliphatic rings. The van der Waals surface area contributed by atoms with E-state index in [2.05, 4.69) is 18.5 Å². The maximum atomic E-state index is 12.5. The maximum absolute atomic E-state index is 12.5. The number of pyridine rings is 1. The van der Waals surface area contributed by atoms with E-state index in [0.29, 0.717) is 29.7 Å². The van der Waals surface area contributed by atoms with Crippen LogP contribution in [0.3, 0.4) is 0 Å². The van der Waals surface area contributed by atoms with E-state index in [1.165, 1.54) is 6.20 Å². The van der Waals surface area contributed by atoms with E-state index in [1.807, 2.05) is 0 Å². The third kappa shape index (κ3) is 7.44. The van der Waals surface area contributed by atoms with Gasteiger partial charge in [0.25, 0.3) is 0 Å². The van der Waals surface area contributed by atoms with Crippen molar-refractivity contribution in [2.75, 3.05) is 13.2 Å². The fraction of sp³-hybridized carbons (Fsp3) is 0.375. The normalized spacial score (nSPS) is 11.5. The average molecular weight is 411 g/mol. The monoisotopic (exact) mass is 411 g/mol. The number of aliphatic hydroxyl groups is 1. The summed E-state index contributed by atoms with van der Waals surface area (Å²) in [5.74, 6) is 0.105. The van der Waals surface area contributed by atoms with E-state index in [0.717, 1.165) is 18.4 Å². The lowest BCUT2D eigenvalue weighted by molar-refractivity contribution is -0.116. The molecule has 0 saturated carbocycles. The molecule has 1 atom stereocenters. The summed E-state index contributed by atoms with van der Waals surface area (Å²) in [6.07, 6.45) is 5.66. The Labute approximate surface area is 177 Å². The van der Waals surface area contributed by atoms with E-state index >= 15 is 0 Å². The van der Waals surface area contributed by atoms with Crippen LogP contribution in [0.2, 0.25) is 0 Å². The highest BCUT2D eigenvalue weighted by Gasteiger charge is 2.20. The zero-order valence-corrected chi connectivity index (χ0v) is 17.4. The molecule has 0 amide bonds. The van der Waals surface area contributed by atoms with Crippen LogP contribution in [-0.4, -0.2) is 35.1 Å². The Kier molecular flexibility index (Phi) is 9.74. The lowest BCUT2D eigenvalue weighted by atomic mass is 9.98. The van der Waals surface area contributed by atoms with Crippen molar-refractivity contribution in [1.29, 1.82) is 0 Å². The SMILES string of the molecule is C=C(CCCC)C(=O)CC[C@@H](OC(=O)c1cccnc1)c1ccc(OCCO)cc1. The number of aliphatic hydroxyl groups excluding tert-OH is 1. The van der Waals surface area contributed by atoms with Crippen molar-refractivity contribution < 1.29 is 24.2 Å². The smallest absolute Gasteiger partial charge is 0.340 e. The number of ether oxygens (including phenoxy) is 2. The largest absolute Gasteiger partial charge is 0.491 e. The van der Waals surface area contributed by atoms with Crippen LogP contribution in [0.1, 0.15) is 61.1 Å². The summed E-state index contributed by atoms with van der Waals surface area (Å²) in [5.41, 5.74) is 1.72. The molecule has 1 aromatic carbocycles. The molecule has 0 aliphatic carbocycles. The van der Waals surface area contributed by atoms with Gasteiger partial charge in [-0.15, -0.1) is 0 Å². The average Bonchev–Trinajstić information content (AvgIpc) is 2.79. The Hall–Kier alpha value is -2.99. The minimum Gasteiger partial charge on any atom is -0.491 e. The van der Waals surface area contributed by atoms with E-state index < -0.39 is 12.1 Å². The minimum atomic E-state index is -0.590. The Balaban J connectivity index is 2.10. The van der Waals surface area contributed by atoms with Gasteiger partial charge in [0.15, 0.2) is 5.78 Å². The molecule has 0 aliphatic heterocycles. The van der Waals surface area contributed by atoms with Crippen LogP contribution in [0.4, 0.5) is 0 Å². The first kappa shape index (κ1) is 23.3. The van der Waals surface area contributed by atoms with Gasteiger partial charge in [0.05, 0.1) is 12.2 Å². The summed E-state index contributed by atoms with van der Waals surface area (Å²) in [7, 11) is 0.